The fourth-order valence-electron chi connectivity index (χ4n) is 3.76. The van der Waals surface area contributed by atoms with Crippen molar-refractivity contribution in [1.82, 2.24) is 24.6 Å². The number of rotatable bonds is 9. The highest BCUT2D eigenvalue weighted by Gasteiger charge is 2.22. The number of carbonyl (C=O) groups is 1. The first-order valence-corrected chi connectivity index (χ1v) is 11.9. The van der Waals surface area contributed by atoms with Crippen LogP contribution in [0.1, 0.15) is 37.1 Å². The summed E-state index contributed by atoms with van der Waals surface area (Å²) >= 11 is 1.44. The summed E-state index contributed by atoms with van der Waals surface area (Å²) in [5.41, 5.74) is 1.64. The van der Waals surface area contributed by atoms with E-state index in [4.69, 9.17) is 4.74 Å². The topological polar surface area (TPSA) is 82.4 Å². The van der Waals surface area contributed by atoms with E-state index in [0.29, 0.717) is 36.2 Å². The lowest BCUT2D eigenvalue weighted by molar-refractivity contribution is -0.131. The number of likely N-dealkylation sites (tertiary alicyclic amines) is 1. The molecule has 0 spiro atoms. The molecule has 4 rings (SSSR count). The molecule has 1 saturated heterocycles. The van der Waals surface area contributed by atoms with E-state index >= 15 is 0 Å². The predicted octanol–water partition coefficient (Wildman–Crippen LogP) is 4.47. The van der Waals surface area contributed by atoms with E-state index in [-0.39, 0.29) is 17.4 Å². The molecule has 3 heterocycles. The second-order valence-electron chi connectivity index (χ2n) is 7.72. The molecular formula is C23H25F2N5O3S. The number of ether oxygens (including phenoxy) is 2. The van der Waals surface area contributed by atoms with Crippen molar-refractivity contribution in [3.05, 3.63) is 54.1 Å². The third-order valence-corrected chi connectivity index (χ3v) is 6.42. The van der Waals surface area contributed by atoms with E-state index in [2.05, 4.69) is 19.9 Å². The van der Waals surface area contributed by atoms with Crippen molar-refractivity contribution in [1.29, 1.82) is 0 Å². The van der Waals surface area contributed by atoms with Gasteiger partial charge in [0.15, 0.2) is 22.5 Å². The average Bonchev–Trinajstić information content (AvgIpc) is 3.13. The number of aromatic nitrogens is 4. The zero-order chi connectivity index (χ0) is 23.9. The first-order chi connectivity index (χ1) is 16.5. The van der Waals surface area contributed by atoms with Gasteiger partial charge in [0, 0.05) is 24.9 Å². The quantitative estimate of drug-likeness (QED) is 0.410. The summed E-state index contributed by atoms with van der Waals surface area (Å²) in [6.07, 6.45) is 6.89. The standard InChI is InChI=1S/C23H25F2N5O3S/c1-32-19-12-16(8-9-18(19)33-22(24)25)15-34-23-28-27-20(30(23)17-6-5-10-26-13-17)14-29-11-4-2-3-7-21(29)31/h5-6,8-10,12-13,22H,2-4,7,11,14-15H2,1H3. The van der Waals surface area contributed by atoms with Gasteiger partial charge in [0.2, 0.25) is 5.91 Å². The monoisotopic (exact) mass is 489 g/mol. The number of nitrogens with zero attached hydrogens (tertiary/aromatic N) is 5. The molecular weight excluding hydrogens is 464 g/mol. The lowest BCUT2D eigenvalue weighted by Gasteiger charge is -2.20. The van der Waals surface area contributed by atoms with Crippen molar-refractivity contribution in [2.24, 2.45) is 0 Å². The van der Waals surface area contributed by atoms with Gasteiger partial charge in [-0.1, -0.05) is 24.2 Å². The SMILES string of the molecule is COc1cc(CSc2nnc(CN3CCCCCC3=O)n2-c2cccnc2)ccc1OC(F)F. The van der Waals surface area contributed by atoms with Gasteiger partial charge in [-0.05, 0) is 42.7 Å². The Morgan fingerprint density at radius 3 is 2.79 bits per heavy atom. The third-order valence-electron chi connectivity index (χ3n) is 5.42. The number of benzene rings is 1. The fraction of sp³-hybridized carbons (Fsp3) is 0.391. The van der Waals surface area contributed by atoms with E-state index in [9.17, 15) is 13.6 Å². The number of amides is 1. The highest BCUT2D eigenvalue weighted by atomic mass is 32.2. The molecule has 0 atom stereocenters. The molecule has 180 valence electrons. The molecule has 0 radical (unpaired) electrons. The van der Waals surface area contributed by atoms with Crippen LogP contribution in [-0.4, -0.2) is 50.8 Å². The van der Waals surface area contributed by atoms with Gasteiger partial charge in [0.25, 0.3) is 0 Å². The van der Waals surface area contributed by atoms with Crippen LogP contribution in [0.15, 0.2) is 47.9 Å². The van der Waals surface area contributed by atoms with Crippen LogP contribution in [-0.2, 0) is 17.1 Å². The Hall–Kier alpha value is -3.21. The van der Waals surface area contributed by atoms with Crippen LogP contribution in [0.5, 0.6) is 11.5 Å². The largest absolute Gasteiger partial charge is 0.493 e. The van der Waals surface area contributed by atoms with Gasteiger partial charge >= 0.3 is 6.61 Å². The van der Waals surface area contributed by atoms with Crippen LogP contribution in [0.25, 0.3) is 5.69 Å². The summed E-state index contributed by atoms with van der Waals surface area (Å²) in [4.78, 5) is 18.6. The molecule has 2 aromatic heterocycles. The van der Waals surface area contributed by atoms with Crippen LogP contribution in [0.4, 0.5) is 8.78 Å². The van der Waals surface area contributed by atoms with Crippen molar-refractivity contribution in [2.75, 3.05) is 13.7 Å². The van der Waals surface area contributed by atoms with Gasteiger partial charge in [-0.2, -0.15) is 8.78 Å². The summed E-state index contributed by atoms with van der Waals surface area (Å²) < 4.78 is 36.8. The molecule has 0 aliphatic carbocycles. The fourth-order valence-corrected chi connectivity index (χ4v) is 4.67. The van der Waals surface area contributed by atoms with Crippen LogP contribution >= 0.6 is 11.8 Å². The lowest BCUT2D eigenvalue weighted by Crippen LogP contribution is -2.31. The lowest BCUT2D eigenvalue weighted by atomic mass is 10.2. The maximum atomic E-state index is 12.6. The average molecular weight is 490 g/mol. The van der Waals surface area contributed by atoms with E-state index in [1.54, 1.807) is 24.5 Å². The van der Waals surface area contributed by atoms with Gasteiger partial charge in [0.05, 0.1) is 25.5 Å². The molecule has 0 saturated carbocycles. The molecule has 1 aliphatic heterocycles. The zero-order valence-corrected chi connectivity index (χ0v) is 19.5. The first-order valence-electron chi connectivity index (χ1n) is 10.9. The van der Waals surface area contributed by atoms with Gasteiger partial charge in [-0.3, -0.25) is 14.3 Å². The van der Waals surface area contributed by atoms with Crippen LogP contribution in [0.3, 0.4) is 0 Å². The van der Waals surface area contributed by atoms with Crippen LogP contribution < -0.4 is 9.47 Å². The van der Waals surface area contributed by atoms with Gasteiger partial charge in [-0.15, -0.1) is 10.2 Å². The predicted molar refractivity (Wildman–Crippen MR) is 122 cm³/mol. The Morgan fingerprint density at radius 2 is 2.03 bits per heavy atom. The molecule has 1 amide bonds. The van der Waals surface area contributed by atoms with E-state index in [1.807, 2.05) is 21.6 Å². The number of carbonyl (C=O) groups excluding carboxylic acids is 1. The number of pyridine rings is 1. The Bertz CT molecular complexity index is 1110. The van der Waals surface area contributed by atoms with E-state index < -0.39 is 6.61 Å². The summed E-state index contributed by atoms with van der Waals surface area (Å²) in [6, 6.07) is 8.56. The summed E-state index contributed by atoms with van der Waals surface area (Å²) in [5, 5.41) is 9.40. The molecule has 0 unspecified atom stereocenters. The molecule has 34 heavy (non-hydrogen) atoms. The van der Waals surface area contributed by atoms with Crippen molar-refractivity contribution < 1.29 is 23.0 Å². The second-order valence-corrected chi connectivity index (χ2v) is 8.67. The Labute approximate surface area is 200 Å². The normalized spacial score (nSPS) is 14.4. The highest BCUT2D eigenvalue weighted by molar-refractivity contribution is 7.98. The second kappa shape index (κ2) is 11.3. The van der Waals surface area contributed by atoms with Crippen molar-refractivity contribution >= 4 is 17.7 Å². The van der Waals surface area contributed by atoms with Gasteiger partial charge < -0.3 is 14.4 Å². The maximum absolute atomic E-state index is 12.6. The number of methoxy groups -OCH3 is 1. The first kappa shape index (κ1) is 23.9. The minimum atomic E-state index is -2.93. The summed E-state index contributed by atoms with van der Waals surface area (Å²) in [5.74, 6) is 1.49. The van der Waals surface area contributed by atoms with E-state index in [1.165, 1.54) is 24.9 Å². The zero-order valence-electron chi connectivity index (χ0n) is 18.7. The molecule has 3 aromatic rings. The van der Waals surface area contributed by atoms with Crippen LogP contribution in [0, 0.1) is 0 Å². The number of hydrogen-bond donors (Lipinski definition) is 0. The third kappa shape index (κ3) is 5.82. The molecule has 1 aromatic carbocycles. The highest BCUT2D eigenvalue weighted by Crippen LogP contribution is 2.32. The maximum Gasteiger partial charge on any atom is 0.387 e. The van der Waals surface area contributed by atoms with Crippen molar-refractivity contribution in [2.45, 2.75) is 49.7 Å². The van der Waals surface area contributed by atoms with Crippen LogP contribution in [0.2, 0.25) is 0 Å². The molecule has 8 nitrogen and oxygen atoms in total. The Balaban J connectivity index is 1.57. The molecule has 1 fully saturated rings. The number of halogens is 2. The molecule has 11 heteroatoms. The van der Waals surface area contributed by atoms with Crippen molar-refractivity contribution in [3.8, 4) is 17.2 Å². The minimum Gasteiger partial charge on any atom is -0.493 e. The number of alkyl halides is 2. The summed E-state index contributed by atoms with van der Waals surface area (Å²) in [6.45, 7) is -1.86. The van der Waals surface area contributed by atoms with E-state index in [0.717, 1.165) is 30.5 Å². The molecule has 0 bridgehead atoms. The molecule has 0 N–H and O–H groups in total. The Morgan fingerprint density at radius 1 is 1.15 bits per heavy atom. The Kier molecular flexibility index (Phi) is 7.94. The smallest absolute Gasteiger partial charge is 0.387 e. The molecule has 1 aliphatic rings. The van der Waals surface area contributed by atoms with Crippen molar-refractivity contribution in [3.63, 3.8) is 0 Å². The van der Waals surface area contributed by atoms with Gasteiger partial charge in [0.1, 0.15) is 0 Å². The number of thioether (sulfide) groups is 1. The van der Waals surface area contributed by atoms with Gasteiger partial charge in [-0.25, -0.2) is 0 Å². The summed E-state index contributed by atoms with van der Waals surface area (Å²) in [7, 11) is 1.40. The number of hydrogen-bond acceptors (Lipinski definition) is 7. The minimum absolute atomic E-state index is 0.0193.